The summed E-state index contributed by atoms with van der Waals surface area (Å²) in [4.78, 5) is 38.7. The second-order valence-electron chi connectivity index (χ2n) is 8.01. The van der Waals surface area contributed by atoms with Gasteiger partial charge in [-0.05, 0) is 61.3 Å². The number of ether oxygens (including phenoxy) is 2. The standard InChI is InChI=1S/C23H20F4N2O5/c24-14-5-1-12(2-6-14)11-16(19(30)21-20(31)18-17(33-21)9-10-28-18)29-22(32)13-3-7-15(8-4-13)34-23(25,26)27/h1-8,16-18,21,28H,9-11H2,(H,29,32). The van der Waals surface area contributed by atoms with Crippen LogP contribution in [0.3, 0.4) is 0 Å². The maximum atomic E-state index is 13.3. The van der Waals surface area contributed by atoms with Gasteiger partial charge in [-0.3, -0.25) is 14.4 Å². The molecule has 2 fully saturated rings. The van der Waals surface area contributed by atoms with Gasteiger partial charge < -0.3 is 20.1 Å². The maximum Gasteiger partial charge on any atom is 0.573 e. The Morgan fingerprint density at radius 3 is 2.41 bits per heavy atom. The number of alkyl halides is 3. The minimum Gasteiger partial charge on any atom is -0.406 e. The van der Waals surface area contributed by atoms with Gasteiger partial charge in [0.25, 0.3) is 5.91 Å². The number of nitrogens with one attached hydrogen (secondary N) is 2. The zero-order chi connectivity index (χ0) is 24.5. The molecule has 2 aromatic rings. The summed E-state index contributed by atoms with van der Waals surface area (Å²) in [5.74, 6) is -2.81. The minimum atomic E-state index is -4.88. The van der Waals surface area contributed by atoms with Crippen LogP contribution in [0.4, 0.5) is 17.6 Å². The Morgan fingerprint density at radius 1 is 1.12 bits per heavy atom. The molecule has 0 bridgehead atoms. The van der Waals surface area contributed by atoms with E-state index in [4.69, 9.17) is 4.74 Å². The number of benzene rings is 2. The Morgan fingerprint density at radius 2 is 1.79 bits per heavy atom. The summed E-state index contributed by atoms with van der Waals surface area (Å²) in [6.07, 6.45) is -6.14. The largest absolute Gasteiger partial charge is 0.573 e. The molecule has 2 aromatic carbocycles. The van der Waals surface area contributed by atoms with Gasteiger partial charge in [0.05, 0.1) is 18.2 Å². The fourth-order valence-electron chi connectivity index (χ4n) is 4.03. The number of Topliss-reactive ketones (excluding diaryl/α,β-unsaturated/α-hetero) is 2. The van der Waals surface area contributed by atoms with Crippen LogP contribution in [0.25, 0.3) is 0 Å². The van der Waals surface area contributed by atoms with Gasteiger partial charge in [0.15, 0.2) is 17.7 Å². The van der Waals surface area contributed by atoms with E-state index in [1.165, 1.54) is 24.3 Å². The number of halogens is 4. The zero-order valence-electron chi connectivity index (χ0n) is 17.6. The Hall–Kier alpha value is -3.31. The Labute approximate surface area is 191 Å². The number of carbonyl (C=O) groups excluding carboxylic acids is 3. The number of carbonyl (C=O) groups is 3. The maximum absolute atomic E-state index is 13.3. The highest BCUT2D eigenvalue weighted by atomic mass is 19.4. The van der Waals surface area contributed by atoms with E-state index < -0.39 is 59.7 Å². The lowest BCUT2D eigenvalue weighted by Crippen LogP contribution is -2.49. The molecule has 7 nitrogen and oxygen atoms in total. The van der Waals surface area contributed by atoms with Crippen molar-refractivity contribution in [1.82, 2.24) is 10.6 Å². The molecule has 11 heteroatoms. The monoisotopic (exact) mass is 480 g/mol. The highest BCUT2D eigenvalue weighted by molar-refractivity contribution is 6.12. The molecule has 1 amide bonds. The van der Waals surface area contributed by atoms with Crippen LogP contribution in [-0.4, -0.2) is 54.7 Å². The first kappa shape index (κ1) is 23.8. The number of amides is 1. The molecule has 4 rings (SSSR count). The second-order valence-corrected chi connectivity index (χ2v) is 8.01. The summed E-state index contributed by atoms with van der Waals surface area (Å²) in [5.41, 5.74) is 0.501. The lowest BCUT2D eigenvalue weighted by molar-refractivity contribution is -0.274. The van der Waals surface area contributed by atoms with Crippen molar-refractivity contribution in [1.29, 1.82) is 0 Å². The average Bonchev–Trinajstić information content (AvgIpc) is 3.36. The van der Waals surface area contributed by atoms with E-state index in [1.54, 1.807) is 0 Å². The molecular weight excluding hydrogens is 460 g/mol. The number of fused-ring (bicyclic) bond motifs is 1. The number of hydrogen-bond donors (Lipinski definition) is 2. The van der Waals surface area contributed by atoms with Gasteiger partial charge in [-0.1, -0.05) is 12.1 Å². The molecule has 2 N–H and O–H groups in total. The fourth-order valence-corrected chi connectivity index (χ4v) is 4.03. The third-order valence-electron chi connectivity index (χ3n) is 5.65. The van der Waals surface area contributed by atoms with Gasteiger partial charge in [-0.25, -0.2) is 4.39 Å². The lowest BCUT2D eigenvalue weighted by Gasteiger charge is -2.21. The third-order valence-corrected chi connectivity index (χ3v) is 5.65. The highest BCUT2D eigenvalue weighted by Gasteiger charge is 2.50. The molecular formula is C23H20F4N2O5. The second kappa shape index (κ2) is 9.51. The Balaban J connectivity index is 1.51. The summed E-state index contributed by atoms with van der Waals surface area (Å²) in [6.45, 7) is 0.589. The Kier molecular flexibility index (Phi) is 6.67. The minimum absolute atomic E-state index is 0.0244. The van der Waals surface area contributed by atoms with Gasteiger partial charge in [-0.2, -0.15) is 0 Å². The molecule has 0 radical (unpaired) electrons. The zero-order valence-corrected chi connectivity index (χ0v) is 17.6. The topological polar surface area (TPSA) is 93.7 Å². The van der Waals surface area contributed by atoms with Crippen LogP contribution < -0.4 is 15.4 Å². The summed E-state index contributed by atoms with van der Waals surface area (Å²) in [7, 11) is 0. The molecule has 0 spiro atoms. The van der Waals surface area contributed by atoms with Crippen molar-refractivity contribution < 1.29 is 41.4 Å². The molecule has 180 valence electrons. The summed E-state index contributed by atoms with van der Waals surface area (Å²) >= 11 is 0. The van der Waals surface area contributed by atoms with Crippen molar-refractivity contribution >= 4 is 17.5 Å². The van der Waals surface area contributed by atoms with E-state index in [1.807, 2.05) is 0 Å². The van der Waals surface area contributed by atoms with Crippen molar-refractivity contribution in [3.05, 3.63) is 65.5 Å². The number of hydrogen-bond acceptors (Lipinski definition) is 6. The Bertz CT molecular complexity index is 1070. The van der Waals surface area contributed by atoms with E-state index in [0.717, 1.165) is 24.3 Å². The molecule has 2 heterocycles. The molecule has 2 saturated heterocycles. The normalized spacial score (nSPS) is 22.8. The van der Waals surface area contributed by atoms with Crippen molar-refractivity contribution in [2.45, 2.75) is 43.5 Å². The van der Waals surface area contributed by atoms with Crippen LogP contribution >= 0.6 is 0 Å². The molecule has 34 heavy (non-hydrogen) atoms. The number of rotatable bonds is 7. The van der Waals surface area contributed by atoms with E-state index >= 15 is 0 Å². The van der Waals surface area contributed by atoms with Gasteiger partial charge >= 0.3 is 6.36 Å². The predicted molar refractivity (Wildman–Crippen MR) is 110 cm³/mol. The molecule has 0 aliphatic carbocycles. The van der Waals surface area contributed by atoms with E-state index in [-0.39, 0.29) is 12.0 Å². The molecule has 2 aliphatic rings. The van der Waals surface area contributed by atoms with E-state index in [9.17, 15) is 31.9 Å². The van der Waals surface area contributed by atoms with Gasteiger partial charge in [0, 0.05) is 5.56 Å². The lowest BCUT2D eigenvalue weighted by atomic mass is 9.95. The average molecular weight is 480 g/mol. The van der Waals surface area contributed by atoms with Crippen molar-refractivity contribution in [3.8, 4) is 5.75 Å². The molecule has 4 unspecified atom stereocenters. The predicted octanol–water partition coefficient (Wildman–Crippen LogP) is 2.33. The van der Waals surface area contributed by atoms with Crippen LogP contribution in [0.5, 0.6) is 5.75 Å². The summed E-state index contributed by atoms with van der Waals surface area (Å²) in [6, 6.07) is 7.66. The SMILES string of the molecule is O=C(NC(Cc1ccc(F)cc1)C(=O)C1OC2CCNC2C1=O)c1ccc(OC(F)(F)F)cc1. The first-order valence-electron chi connectivity index (χ1n) is 10.5. The van der Waals surface area contributed by atoms with Crippen molar-refractivity contribution in [3.63, 3.8) is 0 Å². The quantitative estimate of drug-likeness (QED) is 0.467. The van der Waals surface area contributed by atoms with Crippen LogP contribution in [0.1, 0.15) is 22.3 Å². The molecule has 0 saturated carbocycles. The van der Waals surface area contributed by atoms with Crippen LogP contribution in [-0.2, 0) is 20.7 Å². The van der Waals surface area contributed by atoms with E-state index in [0.29, 0.717) is 18.5 Å². The first-order chi connectivity index (χ1) is 16.1. The number of ketones is 2. The van der Waals surface area contributed by atoms with Gasteiger partial charge in [-0.15, -0.1) is 13.2 Å². The van der Waals surface area contributed by atoms with Crippen molar-refractivity contribution in [2.75, 3.05) is 6.54 Å². The summed E-state index contributed by atoms with van der Waals surface area (Å²) in [5, 5.41) is 5.52. The van der Waals surface area contributed by atoms with E-state index in [2.05, 4.69) is 15.4 Å². The van der Waals surface area contributed by atoms with Crippen molar-refractivity contribution in [2.24, 2.45) is 0 Å². The fraction of sp³-hybridized carbons (Fsp3) is 0.348. The third kappa shape index (κ3) is 5.42. The van der Waals surface area contributed by atoms with Gasteiger partial charge in [0.1, 0.15) is 11.6 Å². The van der Waals surface area contributed by atoms with Crippen LogP contribution in [0, 0.1) is 5.82 Å². The van der Waals surface area contributed by atoms with Crippen LogP contribution in [0.15, 0.2) is 48.5 Å². The first-order valence-corrected chi connectivity index (χ1v) is 10.5. The van der Waals surface area contributed by atoms with Crippen LogP contribution in [0.2, 0.25) is 0 Å². The highest BCUT2D eigenvalue weighted by Crippen LogP contribution is 2.26. The molecule has 0 aromatic heterocycles. The van der Waals surface area contributed by atoms with Gasteiger partial charge in [0.2, 0.25) is 0 Å². The summed E-state index contributed by atoms with van der Waals surface area (Å²) < 4.78 is 59.8. The molecule has 4 atom stereocenters. The smallest absolute Gasteiger partial charge is 0.406 e. The molecule has 2 aliphatic heterocycles.